The molecule has 5 nitrogen and oxygen atoms in total. The molecule has 0 aliphatic carbocycles. The molecule has 2 N–H and O–H groups in total. The van der Waals surface area contributed by atoms with Gasteiger partial charge in [0.2, 0.25) is 0 Å². The molecule has 24 heavy (non-hydrogen) atoms. The number of methoxy groups -OCH3 is 1. The molecule has 1 saturated heterocycles. The average Bonchev–Trinajstić information content (AvgIpc) is 2.56. The van der Waals surface area contributed by atoms with Gasteiger partial charge in [0.1, 0.15) is 0 Å². The van der Waals surface area contributed by atoms with Crippen LogP contribution in [0, 0.1) is 0 Å². The van der Waals surface area contributed by atoms with Crippen LogP contribution in [-0.2, 0) is 4.79 Å². The molecular weight excluding hydrogens is 328 g/mol. The quantitative estimate of drug-likeness (QED) is 0.824. The first-order valence-corrected chi connectivity index (χ1v) is 8.10. The zero-order valence-corrected chi connectivity index (χ0v) is 15.3. The van der Waals surface area contributed by atoms with Crippen LogP contribution in [0.15, 0.2) is 24.3 Å². The summed E-state index contributed by atoms with van der Waals surface area (Å²) in [5.74, 6) is 1.09. The zero-order chi connectivity index (χ0) is 16.7. The Labute approximate surface area is 150 Å². The van der Waals surface area contributed by atoms with Crippen molar-refractivity contribution in [2.45, 2.75) is 38.8 Å². The Kier molecular flexibility index (Phi) is 8.65. The molecule has 6 heteroatoms. The number of amides is 1. The van der Waals surface area contributed by atoms with Gasteiger partial charge in [-0.05, 0) is 50.9 Å². The third kappa shape index (κ3) is 5.73. The van der Waals surface area contributed by atoms with Gasteiger partial charge < -0.3 is 20.1 Å². The standard InChI is InChI=1S/C18H26N2O3.ClH/c1-4-6-14-8-9-16(17(11-14)22-3)23-12-18(21)20-15-7-5-10-19-13(15)2;/h4,6,8-9,11,13,15,19H,5,7,10,12H2,1-3H3,(H,20,21);1H/b6-4+;. The topological polar surface area (TPSA) is 59.6 Å². The summed E-state index contributed by atoms with van der Waals surface area (Å²) in [7, 11) is 1.59. The highest BCUT2D eigenvalue weighted by Crippen LogP contribution is 2.28. The van der Waals surface area contributed by atoms with Crippen molar-refractivity contribution in [3.8, 4) is 11.5 Å². The Morgan fingerprint density at radius 2 is 2.21 bits per heavy atom. The number of hydrogen-bond acceptors (Lipinski definition) is 4. The molecule has 0 spiro atoms. The number of ether oxygens (including phenoxy) is 2. The fourth-order valence-corrected chi connectivity index (χ4v) is 2.73. The molecule has 1 aromatic carbocycles. The normalized spacial score (nSPS) is 20.3. The summed E-state index contributed by atoms with van der Waals surface area (Å²) in [4.78, 5) is 12.1. The lowest BCUT2D eigenvalue weighted by Crippen LogP contribution is -2.52. The molecule has 1 amide bonds. The van der Waals surface area contributed by atoms with Crippen LogP contribution in [-0.4, -0.2) is 38.3 Å². The highest BCUT2D eigenvalue weighted by molar-refractivity contribution is 5.85. The number of carbonyl (C=O) groups excluding carboxylic acids is 1. The van der Waals surface area contributed by atoms with Gasteiger partial charge in [0.25, 0.3) is 5.91 Å². The Hall–Kier alpha value is -1.72. The molecule has 2 unspecified atom stereocenters. The number of halogens is 1. The fourth-order valence-electron chi connectivity index (χ4n) is 2.73. The highest BCUT2D eigenvalue weighted by atomic mass is 35.5. The largest absolute Gasteiger partial charge is 0.493 e. The zero-order valence-electron chi connectivity index (χ0n) is 14.5. The van der Waals surface area contributed by atoms with Crippen LogP contribution >= 0.6 is 12.4 Å². The van der Waals surface area contributed by atoms with Crippen molar-refractivity contribution in [3.63, 3.8) is 0 Å². The van der Waals surface area contributed by atoms with Gasteiger partial charge in [0.05, 0.1) is 7.11 Å². The van der Waals surface area contributed by atoms with Crippen LogP contribution in [0.2, 0.25) is 0 Å². The second-order valence-corrected chi connectivity index (χ2v) is 5.76. The first-order chi connectivity index (χ1) is 11.1. The number of rotatable bonds is 6. The lowest BCUT2D eigenvalue weighted by molar-refractivity contribution is -0.124. The van der Waals surface area contributed by atoms with Gasteiger partial charge in [-0.15, -0.1) is 12.4 Å². The lowest BCUT2D eigenvalue weighted by atomic mass is 10.00. The molecule has 0 saturated carbocycles. The Morgan fingerprint density at radius 3 is 2.88 bits per heavy atom. The molecule has 1 fully saturated rings. The van der Waals surface area contributed by atoms with Gasteiger partial charge in [-0.3, -0.25) is 4.79 Å². The van der Waals surface area contributed by atoms with E-state index in [0.29, 0.717) is 17.5 Å². The van der Waals surface area contributed by atoms with Crippen molar-refractivity contribution >= 4 is 24.4 Å². The summed E-state index contributed by atoms with van der Waals surface area (Å²) >= 11 is 0. The van der Waals surface area contributed by atoms with E-state index >= 15 is 0 Å². The van der Waals surface area contributed by atoms with Gasteiger partial charge in [0, 0.05) is 12.1 Å². The van der Waals surface area contributed by atoms with E-state index < -0.39 is 0 Å². The minimum Gasteiger partial charge on any atom is -0.493 e. The third-order valence-corrected chi connectivity index (χ3v) is 4.01. The van der Waals surface area contributed by atoms with E-state index in [0.717, 1.165) is 24.9 Å². The predicted molar refractivity (Wildman–Crippen MR) is 99.1 cm³/mol. The smallest absolute Gasteiger partial charge is 0.258 e. The molecule has 2 rings (SSSR count). The molecule has 134 valence electrons. The van der Waals surface area contributed by atoms with E-state index in [1.54, 1.807) is 7.11 Å². The van der Waals surface area contributed by atoms with E-state index in [-0.39, 0.29) is 31.0 Å². The average molecular weight is 355 g/mol. The van der Waals surface area contributed by atoms with Crippen molar-refractivity contribution in [1.29, 1.82) is 0 Å². The summed E-state index contributed by atoms with van der Waals surface area (Å²) in [5.41, 5.74) is 1.03. The summed E-state index contributed by atoms with van der Waals surface area (Å²) in [6.07, 6.45) is 6.02. The van der Waals surface area contributed by atoms with Crippen molar-refractivity contribution < 1.29 is 14.3 Å². The third-order valence-electron chi connectivity index (χ3n) is 4.01. The monoisotopic (exact) mass is 354 g/mol. The molecular formula is C18H27ClN2O3. The number of piperidine rings is 1. The van der Waals surface area contributed by atoms with Crippen LogP contribution in [0.5, 0.6) is 11.5 Å². The van der Waals surface area contributed by atoms with E-state index in [1.807, 2.05) is 37.3 Å². The summed E-state index contributed by atoms with van der Waals surface area (Å²) in [6, 6.07) is 6.11. The van der Waals surface area contributed by atoms with Gasteiger partial charge in [-0.2, -0.15) is 0 Å². The van der Waals surface area contributed by atoms with Crippen molar-refractivity contribution in [2.75, 3.05) is 20.3 Å². The van der Waals surface area contributed by atoms with Crippen LogP contribution in [0.1, 0.15) is 32.3 Å². The van der Waals surface area contributed by atoms with Crippen molar-refractivity contribution in [2.24, 2.45) is 0 Å². The van der Waals surface area contributed by atoms with E-state index in [9.17, 15) is 4.79 Å². The molecule has 2 atom stereocenters. The summed E-state index contributed by atoms with van der Waals surface area (Å²) in [5, 5.41) is 6.40. The second kappa shape index (κ2) is 10.2. The van der Waals surface area contributed by atoms with E-state index in [2.05, 4.69) is 17.6 Å². The maximum atomic E-state index is 12.1. The molecule has 0 radical (unpaired) electrons. The van der Waals surface area contributed by atoms with Gasteiger partial charge in [0.15, 0.2) is 18.1 Å². The highest BCUT2D eigenvalue weighted by Gasteiger charge is 2.22. The van der Waals surface area contributed by atoms with Crippen LogP contribution in [0.4, 0.5) is 0 Å². The number of allylic oxidation sites excluding steroid dienone is 1. The Balaban J connectivity index is 0.00000288. The van der Waals surface area contributed by atoms with Crippen LogP contribution in [0.25, 0.3) is 6.08 Å². The van der Waals surface area contributed by atoms with E-state index in [1.165, 1.54) is 0 Å². The molecule has 0 aromatic heterocycles. The number of hydrogen-bond donors (Lipinski definition) is 2. The number of benzene rings is 1. The lowest BCUT2D eigenvalue weighted by Gasteiger charge is -2.30. The van der Waals surface area contributed by atoms with Crippen molar-refractivity contribution in [3.05, 3.63) is 29.8 Å². The summed E-state index contributed by atoms with van der Waals surface area (Å²) < 4.78 is 10.9. The van der Waals surface area contributed by atoms with Crippen LogP contribution in [0.3, 0.4) is 0 Å². The first kappa shape index (κ1) is 20.3. The molecule has 0 bridgehead atoms. The van der Waals surface area contributed by atoms with E-state index in [4.69, 9.17) is 9.47 Å². The maximum Gasteiger partial charge on any atom is 0.258 e. The Morgan fingerprint density at radius 1 is 1.42 bits per heavy atom. The number of nitrogens with one attached hydrogen (secondary N) is 2. The molecule has 1 aromatic rings. The summed E-state index contributed by atoms with van der Waals surface area (Å²) in [6.45, 7) is 5.05. The van der Waals surface area contributed by atoms with Gasteiger partial charge >= 0.3 is 0 Å². The van der Waals surface area contributed by atoms with Crippen LogP contribution < -0.4 is 20.1 Å². The van der Waals surface area contributed by atoms with Crippen molar-refractivity contribution in [1.82, 2.24) is 10.6 Å². The minimum atomic E-state index is -0.106. The molecule has 1 aliphatic rings. The molecule has 1 heterocycles. The molecule has 1 aliphatic heterocycles. The minimum absolute atomic E-state index is 0. The fraction of sp³-hybridized carbons (Fsp3) is 0.500. The number of carbonyl (C=O) groups is 1. The second-order valence-electron chi connectivity index (χ2n) is 5.76. The Bertz CT molecular complexity index is 563. The maximum absolute atomic E-state index is 12.1. The first-order valence-electron chi connectivity index (χ1n) is 8.10. The van der Waals surface area contributed by atoms with Gasteiger partial charge in [-0.25, -0.2) is 0 Å². The predicted octanol–water partition coefficient (Wildman–Crippen LogP) is 2.79. The van der Waals surface area contributed by atoms with Gasteiger partial charge in [-0.1, -0.05) is 18.2 Å². The SMILES string of the molecule is C/C=C/c1ccc(OCC(=O)NC2CCCNC2C)c(OC)c1.Cl.